The molecule has 0 aliphatic carbocycles. The molecule has 1 heterocycles. The molecule has 1 aromatic carbocycles. The fourth-order valence-corrected chi connectivity index (χ4v) is 3.58. The van der Waals surface area contributed by atoms with Crippen molar-refractivity contribution < 1.29 is 27.4 Å². The van der Waals surface area contributed by atoms with Gasteiger partial charge in [-0.15, -0.1) is 0 Å². The summed E-state index contributed by atoms with van der Waals surface area (Å²) in [5, 5.41) is -0.491. The van der Waals surface area contributed by atoms with Crippen LogP contribution in [0, 0.1) is 0 Å². The molecule has 0 amide bonds. The first-order chi connectivity index (χ1) is 10.5. The molecule has 0 saturated carbocycles. The highest BCUT2D eigenvalue weighted by Gasteiger charge is 2.29. The van der Waals surface area contributed by atoms with Crippen molar-refractivity contribution in [3.63, 3.8) is 0 Å². The van der Waals surface area contributed by atoms with E-state index in [0.29, 0.717) is 30.3 Å². The van der Waals surface area contributed by atoms with Gasteiger partial charge < -0.3 is 18.9 Å². The van der Waals surface area contributed by atoms with Crippen molar-refractivity contribution in [2.75, 3.05) is 34.5 Å². The monoisotopic (exact) mass is 331 g/mol. The van der Waals surface area contributed by atoms with Crippen LogP contribution < -0.4 is 18.9 Å². The number of hydrogen-bond donors (Lipinski definition) is 1. The zero-order valence-electron chi connectivity index (χ0n) is 12.9. The third-order valence-corrected chi connectivity index (χ3v) is 5.32. The number of sulfonamides is 1. The third-order valence-electron chi connectivity index (χ3n) is 3.53. The normalized spacial score (nSPS) is 18.2. The Morgan fingerprint density at radius 3 is 2.27 bits per heavy atom. The second-order valence-electron chi connectivity index (χ2n) is 4.89. The molecule has 1 fully saturated rings. The highest BCUT2D eigenvalue weighted by Crippen LogP contribution is 2.38. The van der Waals surface area contributed by atoms with E-state index in [2.05, 4.69) is 4.72 Å². The van der Waals surface area contributed by atoms with Crippen LogP contribution >= 0.6 is 0 Å². The predicted molar refractivity (Wildman–Crippen MR) is 81.1 cm³/mol. The number of benzene rings is 1. The fraction of sp³-hybridized carbons (Fsp3) is 0.571. The molecule has 22 heavy (non-hydrogen) atoms. The molecule has 1 N–H and O–H groups in total. The zero-order valence-corrected chi connectivity index (χ0v) is 13.7. The Morgan fingerprint density at radius 1 is 1.18 bits per heavy atom. The first-order valence-corrected chi connectivity index (χ1v) is 8.41. The largest absolute Gasteiger partial charge is 0.493 e. The van der Waals surface area contributed by atoms with Crippen molar-refractivity contribution >= 4 is 10.0 Å². The maximum Gasteiger partial charge on any atom is 0.217 e. The lowest BCUT2D eigenvalue weighted by atomic mass is 10.2. The molecule has 1 atom stereocenters. The van der Waals surface area contributed by atoms with Crippen LogP contribution in [-0.2, 0) is 21.3 Å². The van der Waals surface area contributed by atoms with Gasteiger partial charge in [0, 0.05) is 13.2 Å². The molecule has 0 aromatic heterocycles. The Balaban J connectivity index is 2.15. The van der Waals surface area contributed by atoms with Crippen LogP contribution in [0.4, 0.5) is 0 Å². The van der Waals surface area contributed by atoms with Crippen LogP contribution in [0.1, 0.15) is 12.0 Å². The van der Waals surface area contributed by atoms with Gasteiger partial charge in [-0.3, -0.25) is 0 Å². The fourth-order valence-electron chi connectivity index (χ4n) is 2.30. The maximum absolute atomic E-state index is 12.2. The van der Waals surface area contributed by atoms with Crippen LogP contribution in [0.25, 0.3) is 0 Å². The standard InChI is InChI=1S/C14H21NO6S/c1-18-12-6-10(7-13(19-2)14(12)20-3)8-15-22(16,17)11-4-5-21-9-11/h6-7,11,15H,4-5,8-9H2,1-3H3. The van der Waals surface area contributed by atoms with Crippen LogP contribution in [0.3, 0.4) is 0 Å². The SMILES string of the molecule is COc1cc(CNS(=O)(=O)C2CCOC2)cc(OC)c1OC. The summed E-state index contributed by atoms with van der Waals surface area (Å²) in [5.74, 6) is 1.45. The average Bonchev–Trinajstić information content (AvgIpc) is 3.07. The Hall–Kier alpha value is -1.51. The molecular formula is C14H21NO6S. The van der Waals surface area contributed by atoms with Crippen LogP contribution in [0.15, 0.2) is 12.1 Å². The zero-order chi connectivity index (χ0) is 16.2. The Morgan fingerprint density at radius 2 is 1.82 bits per heavy atom. The number of methoxy groups -OCH3 is 3. The van der Waals surface area contributed by atoms with Crippen molar-refractivity contribution in [3.05, 3.63) is 17.7 Å². The summed E-state index contributed by atoms with van der Waals surface area (Å²) in [6, 6.07) is 3.43. The van der Waals surface area contributed by atoms with E-state index in [-0.39, 0.29) is 13.2 Å². The van der Waals surface area contributed by atoms with Crippen LogP contribution in [-0.4, -0.2) is 48.2 Å². The molecule has 8 heteroatoms. The molecule has 2 rings (SSSR count). The Bertz CT molecular complexity index is 585. The van der Waals surface area contributed by atoms with Gasteiger partial charge in [-0.25, -0.2) is 13.1 Å². The molecule has 0 spiro atoms. The van der Waals surface area contributed by atoms with Gasteiger partial charge in [0.05, 0.1) is 27.9 Å². The summed E-state index contributed by atoms with van der Waals surface area (Å²) < 4.78 is 47.8. The average molecular weight is 331 g/mol. The van der Waals surface area contributed by atoms with Gasteiger partial charge in [0.25, 0.3) is 0 Å². The van der Waals surface area contributed by atoms with Gasteiger partial charge in [0.15, 0.2) is 11.5 Å². The van der Waals surface area contributed by atoms with E-state index < -0.39 is 15.3 Å². The molecule has 1 aromatic rings. The Labute approximate surface area is 130 Å². The first-order valence-electron chi connectivity index (χ1n) is 6.87. The van der Waals surface area contributed by atoms with Crippen molar-refractivity contribution in [1.29, 1.82) is 0 Å². The van der Waals surface area contributed by atoms with E-state index >= 15 is 0 Å². The lowest BCUT2D eigenvalue weighted by Gasteiger charge is -2.15. The quantitative estimate of drug-likeness (QED) is 0.800. The minimum atomic E-state index is -3.40. The van der Waals surface area contributed by atoms with Crippen LogP contribution in [0.2, 0.25) is 0 Å². The summed E-state index contributed by atoms with van der Waals surface area (Å²) in [6.07, 6.45) is 0.518. The van der Waals surface area contributed by atoms with Gasteiger partial charge in [-0.1, -0.05) is 0 Å². The molecule has 124 valence electrons. The molecule has 1 saturated heterocycles. The number of hydrogen-bond acceptors (Lipinski definition) is 6. The van der Waals surface area contributed by atoms with Gasteiger partial charge in [-0.05, 0) is 24.1 Å². The van der Waals surface area contributed by atoms with Crippen molar-refractivity contribution in [1.82, 2.24) is 4.72 Å². The van der Waals surface area contributed by atoms with E-state index in [0.717, 1.165) is 5.56 Å². The molecular weight excluding hydrogens is 310 g/mol. The second-order valence-corrected chi connectivity index (χ2v) is 6.93. The number of nitrogens with one attached hydrogen (secondary N) is 1. The van der Waals surface area contributed by atoms with Gasteiger partial charge in [-0.2, -0.15) is 0 Å². The van der Waals surface area contributed by atoms with Crippen molar-refractivity contribution in [2.24, 2.45) is 0 Å². The second kappa shape index (κ2) is 7.17. The van der Waals surface area contributed by atoms with E-state index in [1.807, 2.05) is 0 Å². The third kappa shape index (κ3) is 3.63. The van der Waals surface area contributed by atoms with Gasteiger partial charge in [0.1, 0.15) is 5.25 Å². The molecule has 0 radical (unpaired) electrons. The van der Waals surface area contributed by atoms with Crippen molar-refractivity contribution in [3.8, 4) is 17.2 Å². The van der Waals surface area contributed by atoms with E-state index in [1.54, 1.807) is 12.1 Å². The van der Waals surface area contributed by atoms with Gasteiger partial charge in [0.2, 0.25) is 15.8 Å². The first kappa shape index (κ1) is 16.9. The molecule has 1 aliphatic heterocycles. The highest BCUT2D eigenvalue weighted by atomic mass is 32.2. The minimum Gasteiger partial charge on any atom is -0.493 e. The minimum absolute atomic E-state index is 0.148. The summed E-state index contributed by atoms with van der Waals surface area (Å²) in [5.41, 5.74) is 0.719. The van der Waals surface area contributed by atoms with E-state index in [9.17, 15) is 8.42 Å². The summed E-state index contributed by atoms with van der Waals surface area (Å²) in [7, 11) is 1.15. The number of ether oxygens (including phenoxy) is 4. The highest BCUT2D eigenvalue weighted by molar-refractivity contribution is 7.90. The summed E-state index contributed by atoms with van der Waals surface area (Å²) in [6.45, 7) is 0.871. The van der Waals surface area contributed by atoms with E-state index in [1.165, 1.54) is 21.3 Å². The van der Waals surface area contributed by atoms with Gasteiger partial charge >= 0.3 is 0 Å². The van der Waals surface area contributed by atoms with Crippen LogP contribution in [0.5, 0.6) is 17.2 Å². The van der Waals surface area contributed by atoms with E-state index in [4.69, 9.17) is 18.9 Å². The number of rotatable bonds is 7. The molecule has 0 bridgehead atoms. The summed E-state index contributed by atoms with van der Waals surface area (Å²) >= 11 is 0. The Kier molecular flexibility index (Phi) is 5.49. The molecule has 1 unspecified atom stereocenters. The smallest absolute Gasteiger partial charge is 0.217 e. The van der Waals surface area contributed by atoms with Crippen molar-refractivity contribution in [2.45, 2.75) is 18.2 Å². The maximum atomic E-state index is 12.2. The topological polar surface area (TPSA) is 83.1 Å². The lowest BCUT2D eigenvalue weighted by Crippen LogP contribution is -2.34. The lowest BCUT2D eigenvalue weighted by molar-refractivity contribution is 0.198. The molecule has 1 aliphatic rings. The predicted octanol–water partition coefficient (Wildman–Crippen LogP) is 0.921. The summed E-state index contributed by atoms with van der Waals surface area (Å²) in [4.78, 5) is 0. The molecule has 7 nitrogen and oxygen atoms in total.